The number of benzene rings is 3. The Morgan fingerprint density at radius 2 is 1.59 bits per heavy atom. The molecule has 7 heteroatoms. The van der Waals surface area contributed by atoms with E-state index in [0.29, 0.717) is 23.4 Å². The molecule has 0 saturated carbocycles. The molecule has 2 amide bonds. The Morgan fingerprint density at radius 1 is 0.938 bits per heavy atom. The second-order valence-electron chi connectivity index (χ2n) is 7.41. The van der Waals surface area contributed by atoms with Gasteiger partial charge in [0.05, 0.1) is 5.69 Å². The fourth-order valence-corrected chi connectivity index (χ4v) is 3.53. The first-order valence-corrected chi connectivity index (χ1v) is 10.1. The number of hydrogen-bond acceptors (Lipinski definition) is 4. The summed E-state index contributed by atoms with van der Waals surface area (Å²) in [6.07, 6.45) is 0. The van der Waals surface area contributed by atoms with Crippen molar-refractivity contribution >= 4 is 17.6 Å². The molecule has 0 aliphatic carbocycles. The second-order valence-corrected chi connectivity index (χ2v) is 7.41. The molecule has 0 spiro atoms. The average Bonchev–Trinajstić information content (AvgIpc) is 3.16. The number of hydrogen-bond donors (Lipinski definition) is 3. The molecule has 4 aromatic rings. The summed E-state index contributed by atoms with van der Waals surface area (Å²) in [5.74, 6) is -0.583. The molecule has 7 nitrogen and oxygen atoms in total. The maximum Gasteiger partial charge on any atom is 0.254 e. The second kappa shape index (κ2) is 8.77. The van der Waals surface area contributed by atoms with Gasteiger partial charge in [0.1, 0.15) is 17.1 Å². The minimum Gasteiger partial charge on any atom is -0.383 e. The summed E-state index contributed by atoms with van der Waals surface area (Å²) >= 11 is 0. The van der Waals surface area contributed by atoms with Gasteiger partial charge in [0, 0.05) is 17.7 Å². The summed E-state index contributed by atoms with van der Waals surface area (Å²) in [5, 5.41) is 7.47. The number of para-hydroxylation sites is 1. The molecule has 0 aliphatic heterocycles. The van der Waals surface area contributed by atoms with Crippen LogP contribution in [0.5, 0.6) is 0 Å². The minimum absolute atomic E-state index is 0.127. The van der Waals surface area contributed by atoms with E-state index in [2.05, 4.69) is 10.4 Å². The largest absolute Gasteiger partial charge is 0.383 e. The molecule has 5 N–H and O–H groups in total. The Bertz CT molecular complexity index is 1280. The summed E-state index contributed by atoms with van der Waals surface area (Å²) in [7, 11) is 0. The van der Waals surface area contributed by atoms with Gasteiger partial charge in [-0.05, 0) is 36.2 Å². The van der Waals surface area contributed by atoms with E-state index >= 15 is 0 Å². The van der Waals surface area contributed by atoms with E-state index in [0.717, 1.165) is 16.8 Å². The number of aryl methyl sites for hydroxylation is 1. The van der Waals surface area contributed by atoms with Gasteiger partial charge < -0.3 is 16.8 Å². The van der Waals surface area contributed by atoms with Crippen molar-refractivity contribution in [2.24, 2.45) is 5.73 Å². The van der Waals surface area contributed by atoms with Crippen LogP contribution >= 0.6 is 0 Å². The standard InChI is InChI=1S/C25H23N5O2/c1-16-7-5-6-10-20(16)25(32)28-15-17-11-13-18(14-12-17)22-21(24(27)31)23(26)30(29-22)19-8-3-2-4-9-19/h2-14H,15,26H2,1H3,(H2,27,31)(H,28,32). The Balaban J connectivity index is 1.57. The number of nitrogens with two attached hydrogens (primary N) is 2. The summed E-state index contributed by atoms with van der Waals surface area (Å²) < 4.78 is 1.51. The van der Waals surface area contributed by atoms with Crippen LogP contribution in [0.4, 0.5) is 5.82 Å². The summed E-state index contributed by atoms with van der Waals surface area (Å²) in [6.45, 7) is 2.27. The first-order chi connectivity index (χ1) is 15.5. The highest BCUT2D eigenvalue weighted by Gasteiger charge is 2.22. The van der Waals surface area contributed by atoms with Gasteiger partial charge in [-0.25, -0.2) is 4.68 Å². The lowest BCUT2D eigenvalue weighted by Crippen LogP contribution is -2.23. The third kappa shape index (κ3) is 4.09. The Labute approximate surface area is 185 Å². The van der Waals surface area contributed by atoms with Gasteiger partial charge in [-0.15, -0.1) is 0 Å². The molecular formula is C25H23N5O2. The Hall–Kier alpha value is -4.39. The van der Waals surface area contributed by atoms with Gasteiger partial charge in [0.15, 0.2) is 0 Å². The van der Waals surface area contributed by atoms with Gasteiger partial charge in [0.2, 0.25) is 0 Å². The maximum absolute atomic E-state index is 12.4. The number of nitrogens with zero attached hydrogens (tertiary/aromatic N) is 2. The van der Waals surface area contributed by atoms with Crippen LogP contribution < -0.4 is 16.8 Å². The summed E-state index contributed by atoms with van der Waals surface area (Å²) in [5.41, 5.74) is 16.3. The van der Waals surface area contributed by atoms with E-state index in [-0.39, 0.29) is 17.3 Å². The van der Waals surface area contributed by atoms with Gasteiger partial charge >= 0.3 is 0 Å². The van der Waals surface area contributed by atoms with Crippen LogP contribution in [0.1, 0.15) is 31.8 Å². The van der Waals surface area contributed by atoms with Crippen LogP contribution in [0.3, 0.4) is 0 Å². The lowest BCUT2D eigenvalue weighted by Gasteiger charge is -2.08. The number of rotatable bonds is 6. The fourth-order valence-electron chi connectivity index (χ4n) is 3.53. The highest BCUT2D eigenvalue weighted by molar-refractivity contribution is 6.03. The van der Waals surface area contributed by atoms with E-state index in [1.165, 1.54) is 4.68 Å². The van der Waals surface area contributed by atoms with Crippen LogP contribution in [-0.4, -0.2) is 21.6 Å². The minimum atomic E-state index is -0.644. The molecule has 4 rings (SSSR count). The number of nitrogens with one attached hydrogen (secondary N) is 1. The van der Waals surface area contributed by atoms with Crippen molar-refractivity contribution in [3.63, 3.8) is 0 Å². The Morgan fingerprint density at radius 3 is 2.25 bits per heavy atom. The van der Waals surface area contributed by atoms with Crippen molar-refractivity contribution < 1.29 is 9.59 Å². The molecule has 0 unspecified atom stereocenters. The normalized spacial score (nSPS) is 10.7. The predicted molar refractivity (Wildman–Crippen MR) is 124 cm³/mol. The fraction of sp³-hybridized carbons (Fsp3) is 0.0800. The van der Waals surface area contributed by atoms with Crippen LogP contribution in [-0.2, 0) is 6.54 Å². The third-order valence-electron chi connectivity index (χ3n) is 5.24. The number of nitrogen functional groups attached to an aromatic ring is 1. The summed E-state index contributed by atoms with van der Waals surface area (Å²) in [6, 6.07) is 24.1. The molecule has 0 radical (unpaired) electrons. The van der Waals surface area contributed by atoms with E-state index in [4.69, 9.17) is 11.5 Å². The average molecular weight is 425 g/mol. The molecule has 1 heterocycles. The zero-order chi connectivity index (χ0) is 22.7. The molecule has 3 aromatic carbocycles. The quantitative estimate of drug-likeness (QED) is 0.439. The SMILES string of the molecule is Cc1ccccc1C(=O)NCc1ccc(-c2nn(-c3ccccc3)c(N)c2C(N)=O)cc1. The third-order valence-corrected chi connectivity index (χ3v) is 5.24. The first kappa shape index (κ1) is 20.9. The number of carbonyl (C=O) groups is 2. The molecule has 160 valence electrons. The van der Waals surface area contributed by atoms with Gasteiger partial charge in [-0.2, -0.15) is 5.10 Å². The number of aromatic nitrogens is 2. The molecule has 1 aromatic heterocycles. The number of primary amides is 1. The van der Waals surface area contributed by atoms with Crippen molar-refractivity contribution in [1.29, 1.82) is 0 Å². The van der Waals surface area contributed by atoms with Crippen molar-refractivity contribution in [2.75, 3.05) is 5.73 Å². The Kier molecular flexibility index (Phi) is 5.72. The van der Waals surface area contributed by atoms with Crippen molar-refractivity contribution in [3.8, 4) is 16.9 Å². The lowest BCUT2D eigenvalue weighted by molar-refractivity contribution is 0.0949. The van der Waals surface area contributed by atoms with Crippen LogP contribution in [0.2, 0.25) is 0 Å². The molecule has 0 aliphatic rings. The highest BCUT2D eigenvalue weighted by Crippen LogP contribution is 2.29. The van der Waals surface area contributed by atoms with Crippen LogP contribution in [0.15, 0.2) is 78.9 Å². The van der Waals surface area contributed by atoms with E-state index in [1.807, 2.05) is 79.7 Å². The molecule has 0 atom stereocenters. The van der Waals surface area contributed by atoms with Gasteiger partial charge in [-0.3, -0.25) is 9.59 Å². The number of carbonyl (C=O) groups excluding carboxylic acids is 2. The highest BCUT2D eigenvalue weighted by atomic mass is 16.2. The monoisotopic (exact) mass is 425 g/mol. The molecular weight excluding hydrogens is 402 g/mol. The smallest absolute Gasteiger partial charge is 0.254 e. The van der Waals surface area contributed by atoms with Crippen molar-refractivity contribution in [3.05, 3.63) is 101 Å². The van der Waals surface area contributed by atoms with Crippen LogP contribution in [0, 0.1) is 6.92 Å². The van der Waals surface area contributed by atoms with Gasteiger partial charge in [0.25, 0.3) is 11.8 Å². The zero-order valence-electron chi connectivity index (χ0n) is 17.6. The van der Waals surface area contributed by atoms with Crippen molar-refractivity contribution in [2.45, 2.75) is 13.5 Å². The topological polar surface area (TPSA) is 116 Å². The molecule has 0 saturated heterocycles. The predicted octanol–water partition coefficient (Wildman–Crippen LogP) is 3.46. The first-order valence-electron chi connectivity index (χ1n) is 10.1. The lowest BCUT2D eigenvalue weighted by atomic mass is 10.0. The van der Waals surface area contributed by atoms with E-state index in [1.54, 1.807) is 6.07 Å². The molecule has 32 heavy (non-hydrogen) atoms. The van der Waals surface area contributed by atoms with Gasteiger partial charge in [-0.1, -0.05) is 60.7 Å². The molecule has 0 bridgehead atoms. The number of anilines is 1. The van der Waals surface area contributed by atoms with E-state index in [9.17, 15) is 9.59 Å². The maximum atomic E-state index is 12.4. The summed E-state index contributed by atoms with van der Waals surface area (Å²) in [4.78, 5) is 24.5. The van der Waals surface area contributed by atoms with Crippen LogP contribution in [0.25, 0.3) is 16.9 Å². The van der Waals surface area contributed by atoms with Crippen molar-refractivity contribution in [1.82, 2.24) is 15.1 Å². The zero-order valence-corrected chi connectivity index (χ0v) is 17.6. The number of amides is 2. The molecule has 0 fully saturated rings. The van der Waals surface area contributed by atoms with E-state index < -0.39 is 5.91 Å².